The van der Waals surface area contributed by atoms with Crippen molar-refractivity contribution in [2.45, 2.75) is 13.5 Å². The third-order valence-corrected chi connectivity index (χ3v) is 4.01. The lowest BCUT2D eigenvalue weighted by Crippen LogP contribution is -2.38. The van der Waals surface area contributed by atoms with Crippen LogP contribution < -0.4 is 16.2 Å². The number of carbonyl (C=O) groups excluding carboxylic acids is 2. The van der Waals surface area contributed by atoms with E-state index >= 15 is 0 Å². The van der Waals surface area contributed by atoms with Crippen LogP contribution in [0.1, 0.15) is 16.2 Å². The van der Waals surface area contributed by atoms with Gasteiger partial charge in [0.15, 0.2) is 0 Å². The number of hydrogen-bond acceptors (Lipinski definition) is 5. The Balaban J connectivity index is 1.55. The SMILES string of the molecule is Cc1nc2ccccc2c(=O)n1CC(=O)NCCNC(=O)c1cccnc1. The molecule has 0 spiro atoms. The molecule has 2 aromatic heterocycles. The summed E-state index contributed by atoms with van der Waals surface area (Å²) in [6.45, 7) is 2.08. The molecule has 0 radical (unpaired) electrons. The second-order valence-corrected chi connectivity index (χ2v) is 5.92. The molecule has 2 N–H and O–H groups in total. The van der Waals surface area contributed by atoms with Crippen LogP contribution >= 0.6 is 0 Å². The maximum Gasteiger partial charge on any atom is 0.261 e. The van der Waals surface area contributed by atoms with Gasteiger partial charge in [-0.2, -0.15) is 0 Å². The highest BCUT2D eigenvalue weighted by molar-refractivity contribution is 5.93. The number of benzene rings is 1. The molecule has 3 rings (SSSR count). The van der Waals surface area contributed by atoms with Crippen molar-refractivity contribution in [3.8, 4) is 0 Å². The molecule has 2 amide bonds. The van der Waals surface area contributed by atoms with Gasteiger partial charge in [0.2, 0.25) is 5.91 Å². The highest BCUT2D eigenvalue weighted by atomic mass is 16.2. The summed E-state index contributed by atoms with van der Waals surface area (Å²) in [6, 6.07) is 10.4. The van der Waals surface area contributed by atoms with E-state index in [4.69, 9.17) is 0 Å². The smallest absolute Gasteiger partial charge is 0.261 e. The fraction of sp³-hybridized carbons (Fsp3) is 0.211. The normalized spacial score (nSPS) is 10.6. The first-order valence-electron chi connectivity index (χ1n) is 8.47. The maximum absolute atomic E-state index is 12.5. The van der Waals surface area contributed by atoms with E-state index in [1.54, 1.807) is 43.5 Å². The second-order valence-electron chi connectivity index (χ2n) is 5.92. The molecule has 8 heteroatoms. The van der Waals surface area contributed by atoms with E-state index in [9.17, 15) is 14.4 Å². The zero-order valence-electron chi connectivity index (χ0n) is 14.8. The average molecular weight is 365 g/mol. The van der Waals surface area contributed by atoms with Gasteiger partial charge in [0.05, 0.1) is 16.5 Å². The summed E-state index contributed by atoms with van der Waals surface area (Å²) < 4.78 is 1.34. The highest BCUT2D eigenvalue weighted by Gasteiger charge is 2.11. The Morgan fingerprint density at radius 1 is 1.07 bits per heavy atom. The van der Waals surface area contributed by atoms with Crippen molar-refractivity contribution in [3.63, 3.8) is 0 Å². The molecule has 0 saturated carbocycles. The Bertz CT molecular complexity index is 1030. The van der Waals surface area contributed by atoms with Crippen LogP contribution in [0.25, 0.3) is 10.9 Å². The van der Waals surface area contributed by atoms with Crippen LogP contribution in [-0.4, -0.2) is 39.4 Å². The Labute approximate surface area is 155 Å². The molecule has 0 atom stereocenters. The molecule has 0 aliphatic rings. The first kappa shape index (κ1) is 18.2. The van der Waals surface area contributed by atoms with Crippen LogP contribution in [0.3, 0.4) is 0 Å². The van der Waals surface area contributed by atoms with Crippen LogP contribution in [0.15, 0.2) is 53.6 Å². The number of amides is 2. The minimum atomic E-state index is -0.326. The van der Waals surface area contributed by atoms with Crippen LogP contribution in [0.4, 0.5) is 0 Å². The number of rotatable bonds is 6. The van der Waals surface area contributed by atoms with Gasteiger partial charge in [0.25, 0.3) is 11.5 Å². The summed E-state index contributed by atoms with van der Waals surface area (Å²) >= 11 is 0. The van der Waals surface area contributed by atoms with Gasteiger partial charge in [-0.15, -0.1) is 0 Å². The fourth-order valence-electron chi connectivity index (χ4n) is 2.64. The number of carbonyl (C=O) groups is 2. The summed E-state index contributed by atoms with van der Waals surface area (Å²) in [5.74, 6) is -0.116. The van der Waals surface area contributed by atoms with E-state index in [0.29, 0.717) is 22.3 Å². The molecule has 0 unspecified atom stereocenters. The number of fused-ring (bicyclic) bond motifs is 1. The van der Waals surface area contributed by atoms with E-state index in [1.807, 2.05) is 6.07 Å². The maximum atomic E-state index is 12.5. The number of aryl methyl sites for hydroxylation is 1. The van der Waals surface area contributed by atoms with Gasteiger partial charge in [-0.25, -0.2) is 4.98 Å². The molecule has 8 nitrogen and oxygen atoms in total. The van der Waals surface area contributed by atoms with Crippen LogP contribution in [-0.2, 0) is 11.3 Å². The Morgan fingerprint density at radius 3 is 2.63 bits per heavy atom. The lowest BCUT2D eigenvalue weighted by molar-refractivity contribution is -0.121. The largest absolute Gasteiger partial charge is 0.353 e. The van der Waals surface area contributed by atoms with Crippen molar-refractivity contribution >= 4 is 22.7 Å². The van der Waals surface area contributed by atoms with Crippen molar-refractivity contribution in [1.29, 1.82) is 0 Å². The minimum Gasteiger partial charge on any atom is -0.353 e. The summed E-state index contributed by atoms with van der Waals surface area (Å²) in [5, 5.41) is 5.85. The summed E-state index contributed by atoms with van der Waals surface area (Å²) in [5.41, 5.74) is 0.807. The standard InChI is InChI=1S/C19H19N5O3/c1-13-23-16-7-3-2-6-15(16)19(27)24(13)12-17(25)21-9-10-22-18(26)14-5-4-8-20-11-14/h2-8,11H,9-10,12H2,1H3,(H,21,25)(H,22,26). The first-order valence-corrected chi connectivity index (χ1v) is 8.47. The predicted octanol–water partition coefficient (Wildman–Crippen LogP) is 0.646. The summed E-state index contributed by atoms with van der Waals surface area (Å²) in [4.78, 5) is 44.8. The molecule has 27 heavy (non-hydrogen) atoms. The summed E-state index contributed by atoms with van der Waals surface area (Å²) in [7, 11) is 0. The van der Waals surface area contributed by atoms with E-state index in [1.165, 1.54) is 10.8 Å². The molecule has 2 heterocycles. The number of hydrogen-bond donors (Lipinski definition) is 2. The van der Waals surface area contributed by atoms with Crippen molar-refractivity contribution in [2.75, 3.05) is 13.1 Å². The molecule has 0 aliphatic heterocycles. The first-order chi connectivity index (χ1) is 13.1. The Kier molecular flexibility index (Phi) is 5.55. The molecule has 0 aliphatic carbocycles. The molecule has 1 aromatic carbocycles. The third-order valence-electron chi connectivity index (χ3n) is 4.01. The topological polar surface area (TPSA) is 106 Å². The van der Waals surface area contributed by atoms with E-state index in [2.05, 4.69) is 20.6 Å². The molecule has 0 saturated heterocycles. The van der Waals surface area contributed by atoms with Gasteiger partial charge in [-0.3, -0.25) is 23.9 Å². The van der Waals surface area contributed by atoms with Gasteiger partial charge in [0.1, 0.15) is 12.4 Å². The Hall–Kier alpha value is -3.55. The van der Waals surface area contributed by atoms with Crippen LogP contribution in [0.5, 0.6) is 0 Å². The third kappa shape index (κ3) is 4.35. The van der Waals surface area contributed by atoms with Gasteiger partial charge in [-0.05, 0) is 31.2 Å². The molecule has 138 valence electrons. The van der Waals surface area contributed by atoms with Crippen molar-refractivity contribution < 1.29 is 9.59 Å². The van der Waals surface area contributed by atoms with Gasteiger partial charge >= 0.3 is 0 Å². The molecule has 0 bridgehead atoms. The predicted molar refractivity (Wildman–Crippen MR) is 100 cm³/mol. The second kappa shape index (κ2) is 8.22. The molecular formula is C19H19N5O3. The number of aromatic nitrogens is 3. The zero-order chi connectivity index (χ0) is 19.2. The van der Waals surface area contributed by atoms with Crippen LogP contribution in [0.2, 0.25) is 0 Å². The number of para-hydroxylation sites is 1. The number of nitrogens with one attached hydrogen (secondary N) is 2. The molecule has 3 aromatic rings. The molecule has 0 fully saturated rings. The monoisotopic (exact) mass is 365 g/mol. The van der Waals surface area contributed by atoms with Crippen LogP contribution in [0, 0.1) is 6.92 Å². The highest BCUT2D eigenvalue weighted by Crippen LogP contribution is 2.07. The van der Waals surface area contributed by atoms with E-state index < -0.39 is 0 Å². The van der Waals surface area contributed by atoms with Crippen molar-refractivity contribution in [2.24, 2.45) is 0 Å². The summed E-state index contributed by atoms with van der Waals surface area (Å²) in [6.07, 6.45) is 3.05. The van der Waals surface area contributed by atoms with Gasteiger partial charge in [-0.1, -0.05) is 12.1 Å². The fourth-order valence-corrected chi connectivity index (χ4v) is 2.64. The average Bonchev–Trinajstić information content (AvgIpc) is 2.69. The lowest BCUT2D eigenvalue weighted by atomic mass is 10.2. The molecular weight excluding hydrogens is 346 g/mol. The van der Waals surface area contributed by atoms with Crippen molar-refractivity contribution in [3.05, 3.63) is 70.5 Å². The zero-order valence-corrected chi connectivity index (χ0v) is 14.8. The van der Waals surface area contributed by atoms with E-state index in [-0.39, 0.29) is 37.0 Å². The number of pyridine rings is 1. The minimum absolute atomic E-state index is 0.126. The van der Waals surface area contributed by atoms with Crippen molar-refractivity contribution in [1.82, 2.24) is 25.2 Å². The van der Waals surface area contributed by atoms with Gasteiger partial charge < -0.3 is 10.6 Å². The van der Waals surface area contributed by atoms with E-state index in [0.717, 1.165) is 0 Å². The quantitative estimate of drug-likeness (QED) is 0.624. The van der Waals surface area contributed by atoms with Gasteiger partial charge in [0, 0.05) is 25.5 Å². The lowest BCUT2D eigenvalue weighted by Gasteiger charge is -2.11. The Morgan fingerprint density at radius 2 is 1.85 bits per heavy atom. The number of nitrogens with zero attached hydrogens (tertiary/aromatic N) is 3.